The van der Waals surface area contributed by atoms with Gasteiger partial charge in [-0.25, -0.2) is 4.52 Å². The van der Waals surface area contributed by atoms with Gasteiger partial charge < -0.3 is 11.1 Å². The molecule has 0 spiro atoms. The molecule has 96 valence electrons. The van der Waals surface area contributed by atoms with Crippen molar-refractivity contribution in [3.63, 3.8) is 0 Å². The number of nitrogens with zero attached hydrogens (tertiary/aromatic N) is 3. The molecule has 0 aliphatic carbocycles. The van der Waals surface area contributed by atoms with Crippen LogP contribution in [0.5, 0.6) is 0 Å². The molecule has 3 aromatic rings. The van der Waals surface area contributed by atoms with Crippen molar-refractivity contribution in [2.24, 2.45) is 0 Å². The van der Waals surface area contributed by atoms with Gasteiger partial charge in [0.2, 0.25) is 0 Å². The summed E-state index contributed by atoms with van der Waals surface area (Å²) in [6.07, 6.45) is 4.53. The van der Waals surface area contributed by atoms with Gasteiger partial charge in [0, 0.05) is 31.1 Å². The van der Waals surface area contributed by atoms with Gasteiger partial charge in [0.1, 0.15) is 5.69 Å². The van der Waals surface area contributed by atoms with Crippen molar-refractivity contribution in [1.82, 2.24) is 14.6 Å². The summed E-state index contributed by atoms with van der Waals surface area (Å²) in [5, 5.41) is 7.66. The lowest BCUT2D eigenvalue weighted by molar-refractivity contribution is 0.923. The number of aromatic nitrogens is 3. The van der Waals surface area contributed by atoms with E-state index in [9.17, 15) is 0 Å². The van der Waals surface area contributed by atoms with Crippen LogP contribution in [0.1, 0.15) is 5.69 Å². The van der Waals surface area contributed by atoms with Gasteiger partial charge in [-0.15, -0.1) is 5.10 Å². The van der Waals surface area contributed by atoms with E-state index in [4.69, 9.17) is 5.73 Å². The summed E-state index contributed by atoms with van der Waals surface area (Å²) in [5.74, 6) is 0.724. The number of hydrogen-bond acceptors (Lipinski definition) is 4. The van der Waals surface area contributed by atoms with E-state index in [1.807, 2.05) is 42.6 Å². The Morgan fingerprint density at radius 1 is 1.16 bits per heavy atom. The topological polar surface area (TPSA) is 68.2 Å². The number of anilines is 2. The SMILES string of the molecule is Nc1c(NCCc2ccccn2)nn2ccccc12. The summed E-state index contributed by atoms with van der Waals surface area (Å²) < 4.78 is 1.78. The zero-order valence-corrected chi connectivity index (χ0v) is 10.5. The molecule has 3 heterocycles. The van der Waals surface area contributed by atoms with E-state index in [1.54, 1.807) is 10.7 Å². The van der Waals surface area contributed by atoms with Crippen molar-refractivity contribution in [3.8, 4) is 0 Å². The first kappa shape index (κ1) is 11.5. The van der Waals surface area contributed by atoms with E-state index < -0.39 is 0 Å². The molecule has 0 amide bonds. The van der Waals surface area contributed by atoms with Crippen molar-refractivity contribution in [2.45, 2.75) is 6.42 Å². The Labute approximate surface area is 111 Å². The second-order valence-corrected chi connectivity index (χ2v) is 4.29. The second kappa shape index (κ2) is 4.97. The highest BCUT2D eigenvalue weighted by atomic mass is 15.3. The van der Waals surface area contributed by atoms with E-state index in [2.05, 4.69) is 15.4 Å². The first-order chi connectivity index (χ1) is 9.34. The van der Waals surface area contributed by atoms with Gasteiger partial charge >= 0.3 is 0 Å². The van der Waals surface area contributed by atoms with Crippen LogP contribution < -0.4 is 11.1 Å². The molecule has 0 radical (unpaired) electrons. The number of pyridine rings is 2. The predicted molar refractivity (Wildman–Crippen MR) is 76.0 cm³/mol. The van der Waals surface area contributed by atoms with Gasteiger partial charge in [-0.2, -0.15) is 0 Å². The number of nitrogens with two attached hydrogens (primary N) is 1. The number of nitrogen functional groups attached to an aromatic ring is 1. The maximum atomic E-state index is 6.06. The van der Waals surface area contributed by atoms with Crippen molar-refractivity contribution in [2.75, 3.05) is 17.6 Å². The Kier molecular flexibility index (Phi) is 3.02. The molecular weight excluding hydrogens is 238 g/mol. The van der Waals surface area contributed by atoms with Crippen LogP contribution in [0.2, 0.25) is 0 Å². The number of rotatable bonds is 4. The van der Waals surface area contributed by atoms with Gasteiger partial charge in [-0.05, 0) is 24.3 Å². The molecule has 5 heteroatoms. The Morgan fingerprint density at radius 2 is 2.05 bits per heavy atom. The van der Waals surface area contributed by atoms with Crippen LogP contribution in [-0.2, 0) is 6.42 Å². The molecule has 0 bridgehead atoms. The summed E-state index contributed by atoms with van der Waals surface area (Å²) in [5.41, 5.74) is 8.71. The molecule has 0 fully saturated rings. The molecule has 19 heavy (non-hydrogen) atoms. The van der Waals surface area contributed by atoms with Gasteiger partial charge in [0.15, 0.2) is 5.82 Å². The second-order valence-electron chi connectivity index (χ2n) is 4.29. The lowest BCUT2D eigenvalue weighted by Crippen LogP contribution is -2.07. The summed E-state index contributed by atoms with van der Waals surface area (Å²) in [4.78, 5) is 4.28. The molecule has 0 saturated carbocycles. The molecule has 0 saturated heterocycles. The summed E-state index contributed by atoms with van der Waals surface area (Å²) in [6.45, 7) is 0.755. The Hall–Kier alpha value is -2.56. The summed E-state index contributed by atoms with van der Waals surface area (Å²) in [6, 6.07) is 11.7. The summed E-state index contributed by atoms with van der Waals surface area (Å²) in [7, 11) is 0. The smallest absolute Gasteiger partial charge is 0.172 e. The van der Waals surface area contributed by atoms with Crippen LogP contribution >= 0.6 is 0 Å². The molecule has 0 unspecified atom stereocenters. The molecule has 3 aromatic heterocycles. The Balaban J connectivity index is 1.70. The average molecular weight is 253 g/mol. The first-order valence-electron chi connectivity index (χ1n) is 6.21. The van der Waals surface area contributed by atoms with E-state index in [0.717, 1.165) is 30.0 Å². The Bertz CT molecular complexity index is 675. The minimum absolute atomic E-state index is 0.682. The highest BCUT2D eigenvalue weighted by Crippen LogP contribution is 2.22. The molecule has 5 nitrogen and oxygen atoms in total. The minimum Gasteiger partial charge on any atom is -0.394 e. The van der Waals surface area contributed by atoms with E-state index in [-0.39, 0.29) is 0 Å². The van der Waals surface area contributed by atoms with E-state index >= 15 is 0 Å². The van der Waals surface area contributed by atoms with Crippen LogP contribution in [0.3, 0.4) is 0 Å². The van der Waals surface area contributed by atoms with Crippen molar-refractivity contribution in [3.05, 3.63) is 54.5 Å². The third-order valence-electron chi connectivity index (χ3n) is 2.98. The lowest BCUT2D eigenvalue weighted by atomic mass is 10.2. The number of hydrogen-bond donors (Lipinski definition) is 2. The molecule has 0 atom stereocenters. The van der Waals surface area contributed by atoms with Crippen LogP contribution in [0.4, 0.5) is 11.5 Å². The largest absolute Gasteiger partial charge is 0.394 e. The van der Waals surface area contributed by atoms with Crippen molar-refractivity contribution < 1.29 is 0 Å². The quantitative estimate of drug-likeness (QED) is 0.746. The van der Waals surface area contributed by atoms with Crippen LogP contribution in [-0.4, -0.2) is 21.1 Å². The molecule has 0 aliphatic heterocycles. The first-order valence-corrected chi connectivity index (χ1v) is 6.21. The Morgan fingerprint density at radius 3 is 2.84 bits per heavy atom. The number of nitrogens with one attached hydrogen (secondary N) is 1. The fraction of sp³-hybridized carbons (Fsp3) is 0.143. The average Bonchev–Trinajstić information content (AvgIpc) is 2.78. The minimum atomic E-state index is 0.682. The molecular formula is C14H15N5. The van der Waals surface area contributed by atoms with Crippen molar-refractivity contribution in [1.29, 1.82) is 0 Å². The third kappa shape index (κ3) is 2.35. The summed E-state index contributed by atoms with van der Waals surface area (Å²) >= 11 is 0. The molecule has 0 aliphatic rings. The molecule has 3 N–H and O–H groups in total. The standard InChI is InChI=1S/C14H15N5/c15-13-12-6-2-4-10-19(12)18-14(13)17-9-7-11-5-1-3-8-16-11/h1-6,8,10H,7,9,15H2,(H,17,18). The maximum absolute atomic E-state index is 6.06. The normalized spacial score (nSPS) is 10.7. The van der Waals surface area contributed by atoms with Gasteiger partial charge in [0.25, 0.3) is 0 Å². The maximum Gasteiger partial charge on any atom is 0.172 e. The highest BCUT2D eigenvalue weighted by Gasteiger charge is 2.07. The highest BCUT2D eigenvalue weighted by molar-refractivity contribution is 5.80. The van der Waals surface area contributed by atoms with Crippen molar-refractivity contribution >= 4 is 17.0 Å². The van der Waals surface area contributed by atoms with Crippen LogP contribution in [0.25, 0.3) is 5.52 Å². The fourth-order valence-electron chi connectivity index (χ4n) is 2.00. The molecule has 0 aromatic carbocycles. The van der Waals surface area contributed by atoms with E-state index in [1.165, 1.54) is 0 Å². The van der Waals surface area contributed by atoms with Gasteiger partial charge in [-0.3, -0.25) is 4.98 Å². The molecule has 3 rings (SSSR count). The van der Waals surface area contributed by atoms with Gasteiger partial charge in [-0.1, -0.05) is 12.1 Å². The zero-order chi connectivity index (χ0) is 13.1. The van der Waals surface area contributed by atoms with Gasteiger partial charge in [0.05, 0.1) is 5.52 Å². The van der Waals surface area contributed by atoms with Crippen LogP contribution in [0.15, 0.2) is 48.8 Å². The monoisotopic (exact) mass is 253 g/mol. The third-order valence-corrected chi connectivity index (χ3v) is 2.98. The lowest BCUT2D eigenvalue weighted by Gasteiger charge is -2.03. The van der Waals surface area contributed by atoms with E-state index in [0.29, 0.717) is 5.69 Å². The fourth-order valence-corrected chi connectivity index (χ4v) is 2.00. The predicted octanol–water partition coefficient (Wildman–Crippen LogP) is 1.97. The van der Waals surface area contributed by atoms with Crippen LogP contribution in [0, 0.1) is 0 Å². The zero-order valence-electron chi connectivity index (χ0n) is 10.5. The number of fused-ring (bicyclic) bond motifs is 1.